The lowest BCUT2D eigenvalue weighted by molar-refractivity contribution is 0.119. The van der Waals surface area contributed by atoms with Gasteiger partial charge in [-0.25, -0.2) is 15.0 Å². The molecule has 0 amide bonds. The molecule has 27 heavy (non-hydrogen) atoms. The van der Waals surface area contributed by atoms with Crippen LogP contribution >= 0.6 is 0 Å². The van der Waals surface area contributed by atoms with Gasteiger partial charge in [-0.05, 0) is 31.4 Å². The van der Waals surface area contributed by atoms with Crippen molar-refractivity contribution >= 4 is 11.9 Å². The lowest BCUT2D eigenvalue weighted by Crippen LogP contribution is -2.51. The van der Waals surface area contributed by atoms with Crippen molar-refractivity contribution in [2.45, 2.75) is 31.9 Å². The van der Waals surface area contributed by atoms with Gasteiger partial charge < -0.3 is 20.3 Å². The summed E-state index contributed by atoms with van der Waals surface area (Å²) < 4.78 is 6.08. The third-order valence-electron chi connectivity index (χ3n) is 5.17. The number of guanidine groups is 1. The smallest absolute Gasteiger partial charge is 0.225 e. The van der Waals surface area contributed by atoms with Crippen molar-refractivity contribution in [1.82, 2.24) is 14.9 Å². The number of ether oxygens (including phenoxy) is 1. The second-order valence-electron chi connectivity index (χ2n) is 6.98. The van der Waals surface area contributed by atoms with Crippen LogP contribution < -0.4 is 15.4 Å². The van der Waals surface area contributed by atoms with E-state index in [1.165, 1.54) is 6.42 Å². The van der Waals surface area contributed by atoms with Gasteiger partial charge in [0.25, 0.3) is 0 Å². The lowest BCUT2D eigenvalue weighted by Gasteiger charge is -2.35. The van der Waals surface area contributed by atoms with Crippen LogP contribution in [-0.2, 0) is 6.54 Å². The van der Waals surface area contributed by atoms with Crippen molar-refractivity contribution in [2.24, 2.45) is 10.7 Å². The van der Waals surface area contributed by atoms with Gasteiger partial charge in [-0.3, -0.25) is 0 Å². The largest absolute Gasteiger partial charge is 0.490 e. The van der Waals surface area contributed by atoms with E-state index < -0.39 is 0 Å². The van der Waals surface area contributed by atoms with Crippen LogP contribution in [0.1, 0.15) is 24.8 Å². The van der Waals surface area contributed by atoms with Crippen LogP contribution in [0.4, 0.5) is 5.95 Å². The number of nitrogens with two attached hydrogens (primary N) is 1. The first kappa shape index (κ1) is 17.6. The van der Waals surface area contributed by atoms with E-state index in [2.05, 4.69) is 30.8 Å². The van der Waals surface area contributed by atoms with Crippen LogP contribution in [0.2, 0.25) is 0 Å². The van der Waals surface area contributed by atoms with E-state index in [0.29, 0.717) is 18.6 Å². The normalized spacial score (nSPS) is 18.3. The van der Waals surface area contributed by atoms with Gasteiger partial charge in [0.15, 0.2) is 5.96 Å². The SMILES string of the molecule is NC(=NCc1ccccc1OC1CCC1)N1CCN(c2ncccn2)CC1. The van der Waals surface area contributed by atoms with Crippen LogP contribution in [0.15, 0.2) is 47.7 Å². The molecule has 0 radical (unpaired) electrons. The van der Waals surface area contributed by atoms with Crippen LogP contribution in [0.5, 0.6) is 5.75 Å². The highest BCUT2D eigenvalue weighted by Crippen LogP contribution is 2.28. The van der Waals surface area contributed by atoms with Crippen molar-refractivity contribution in [2.75, 3.05) is 31.1 Å². The Labute approximate surface area is 159 Å². The van der Waals surface area contributed by atoms with Gasteiger partial charge >= 0.3 is 0 Å². The molecule has 0 atom stereocenters. The molecule has 142 valence electrons. The average molecular weight is 366 g/mol. The topological polar surface area (TPSA) is 79.9 Å². The molecule has 0 bridgehead atoms. The Morgan fingerprint density at radius 2 is 1.81 bits per heavy atom. The zero-order valence-corrected chi connectivity index (χ0v) is 15.5. The molecule has 2 N–H and O–H groups in total. The monoisotopic (exact) mass is 366 g/mol. The maximum atomic E-state index is 6.25. The highest BCUT2D eigenvalue weighted by molar-refractivity contribution is 5.78. The van der Waals surface area contributed by atoms with Crippen molar-refractivity contribution in [1.29, 1.82) is 0 Å². The number of hydrogen-bond acceptors (Lipinski definition) is 5. The number of aromatic nitrogens is 2. The number of para-hydroxylation sites is 1. The molecule has 7 nitrogen and oxygen atoms in total. The zero-order chi connectivity index (χ0) is 18.5. The first-order chi connectivity index (χ1) is 13.3. The molecule has 1 saturated carbocycles. The third-order valence-corrected chi connectivity index (χ3v) is 5.17. The molecule has 7 heteroatoms. The second kappa shape index (κ2) is 8.24. The molecule has 2 aromatic rings. The van der Waals surface area contributed by atoms with E-state index in [9.17, 15) is 0 Å². The highest BCUT2D eigenvalue weighted by atomic mass is 16.5. The predicted molar refractivity (Wildman–Crippen MR) is 106 cm³/mol. The van der Waals surface area contributed by atoms with E-state index in [4.69, 9.17) is 10.5 Å². The Morgan fingerprint density at radius 3 is 2.52 bits per heavy atom. The van der Waals surface area contributed by atoms with Crippen LogP contribution in [0, 0.1) is 0 Å². The van der Waals surface area contributed by atoms with Gasteiger partial charge in [0.05, 0.1) is 12.6 Å². The predicted octanol–water partition coefficient (Wildman–Crippen LogP) is 2.04. The summed E-state index contributed by atoms with van der Waals surface area (Å²) in [5.41, 5.74) is 7.34. The number of anilines is 1. The molecular weight excluding hydrogens is 340 g/mol. The Morgan fingerprint density at radius 1 is 1.07 bits per heavy atom. The van der Waals surface area contributed by atoms with Gasteiger partial charge in [-0.15, -0.1) is 0 Å². The molecule has 1 aliphatic heterocycles. The standard InChI is InChI=1S/C20H26N6O/c21-19(25-11-13-26(14-12-25)20-22-9-4-10-23-20)24-15-16-5-1-2-8-18(16)27-17-6-3-7-17/h1-2,4-5,8-10,17H,3,6-7,11-15H2,(H2,21,24). The average Bonchev–Trinajstić information content (AvgIpc) is 2.70. The van der Waals surface area contributed by atoms with Crippen molar-refractivity contribution < 1.29 is 4.74 Å². The summed E-state index contributed by atoms with van der Waals surface area (Å²) >= 11 is 0. The molecule has 2 aliphatic rings. The Hall–Kier alpha value is -2.83. The fourth-order valence-corrected chi connectivity index (χ4v) is 3.27. The minimum atomic E-state index is 0.362. The molecule has 0 spiro atoms. The number of rotatable bonds is 5. The van der Waals surface area contributed by atoms with E-state index in [1.807, 2.05) is 24.3 Å². The fraction of sp³-hybridized carbons (Fsp3) is 0.450. The van der Waals surface area contributed by atoms with Crippen LogP contribution in [0.25, 0.3) is 0 Å². The van der Waals surface area contributed by atoms with Gasteiger partial charge in [0, 0.05) is 44.1 Å². The van der Waals surface area contributed by atoms with E-state index >= 15 is 0 Å². The van der Waals surface area contributed by atoms with Gasteiger partial charge in [0.1, 0.15) is 5.75 Å². The molecule has 0 unspecified atom stereocenters. The number of benzene rings is 1. The minimum absolute atomic E-state index is 0.362. The van der Waals surface area contributed by atoms with Gasteiger partial charge in [0.2, 0.25) is 5.95 Å². The Balaban J connectivity index is 1.34. The van der Waals surface area contributed by atoms with E-state index in [-0.39, 0.29) is 0 Å². The third kappa shape index (κ3) is 4.30. The Bertz CT molecular complexity index is 769. The number of hydrogen-bond donors (Lipinski definition) is 1. The molecule has 1 aliphatic carbocycles. The van der Waals surface area contributed by atoms with E-state index in [1.54, 1.807) is 12.4 Å². The summed E-state index contributed by atoms with van der Waals surface area (Å²) in [7, 11) is 0. The van der Waals surface area contributed by atoms with Gasteiger partial charge in [-0.2, -0.15) is 0 Å². The first-order valence-electron chi connectivity index (χ1n) is 9.61. The Kier molecular flexibility index (Phi) is 5.37. The van der Waals surface area contributed by atoms with Crippen molar-refractivity contribution in [3.05, 3.63) is 48.3 Å². The molecule has 4 rings (SSSR count). The summed E-state index contributed by atoms with van der Waals surface area (Å²) in [6, 6.07) is 9.95. The molecule has 1 aromatic heterocycles. The highest BCUT2D eigenvalue weighted by Gasteiger charge is 2.21. The van der Waals surface area contributed by atoms with Gasteiger partial charge in [-0.1, -0.05) is 18.2 Å². The second-order valence-corrected chi connectivity index (χ2v) is 6.98. The van der Waals surface area contributed by atoms with E-state index in [0.717, 1.165) is 56.3 Å². The molecule has 2 heterocycles. The zero-order valence-electron chi connectivity index (χ0n) is 15.5. The number of aliphatic imine (C=N–C) groups is 1. The summed E-state index contributed by atoms with van der Waals surface area (Å²) in [5.74, 6) is 2.29. The number of piperazine rings is 1. The maximum Gasteiger partial charge on any atom is 0.225 e. The first-order valence-corrected chi connectivity index (χ1v) is 9.61. The summed E-state index contributed by atoms with van der Waals surface area (Å²) in [5, 5.41) is 0. The molecular formula is C20H26N6O. The quantitative estimate of drug-likeness (QED) is 0.644. The number of nitrogens with zero attached hydrogens (tertiary/aromatic N) is 5. The maximum absolute atomic E-state index is 6.25. The minimum Gasteiger partial charge on any atom is -0.490 e. The molecule has 2 fully saturated rings. The van der Waals surface area contributed by atoms with Crippen LogP contribution in [0.3, 0.4) is 0 Å². The summed E-state index contributed by atoms with van der Waals surface area (Å²) in [4.78, 5) is 17.5. The summed E-state index contributed by atoms with van der Waals surface area (Å²) in [6.45, 7) is 3.83. The summed E-state index contributed by atoms with van der Waals surface area (Å²) in [6.07, 6.45) is 7.46. The molecule has 1 aromatic carbocycles. The van der Waals surface area contributed by atoms with Crippen molar-refractivity contribution in [3.8, 4) is 5.75 Å². The van der Waals surface area contributed by atoms with Crippen LogP contribution in [-0.4, -0.2) is 53.1 Å². The lowest BCUT2D eigenvalue weighted by atomic mass is 9.96. The molecule has 1 saturated heterocycles. The van der Waals surface area contributed by atoms with Crippen molar-refractivity contribution in [3.63, 3.8) is 0 Å². The fourth-order valence-electron chi connectivity index (χ4n) is 3.27.